The van der Waals surface area contributed by atoms with E-state index in [0.29, 0.717) is 5.54 Å². The number of nitrogens with zero attached hydrogens (tertiary/aromatic N) is 1. The highest BCUT2D eigenvalue weighted by Gasteiger charge is 2.49. The fourth-order valence-corrected chi connectivity index (χ4v) is 4.13. The molecule has 1 heteroatoms. The number of piperidine rings is 1. The summed E-state index contributed by atoms with van der Waals surface area (Å²) in [6, 6.07) is 0. The number of hydrogen-bond donors (Lipinski definition) is 0. The van der Waals surface area contributed by atoms with Crippen LogP contribution in [0.2, 0.25) is 0 Å². The van der Waals surface area contributed by atoms with Gasteiger partial charge in [0.1, 0.15) is 0 Å². The highest BCUT2D eigenvalue weighted by Crippen LogP contribution is 2.50. The van der Waals surface area contributed by atoms with Crippen molar-refractivity contribution in [1.82, 2.24) is 4.90 Å². The highest BCUT2D eigenvalue weighted by atomic mass is 15.2. The normalized spacial score (nSPS) is 43.9. The Morgan fingerprint density at radius 2 is 2.14 bits per heavy atom. The standard InChI is InChI=1S/C13H25N/c1-4-8-13-9-5-6-12(13)11(2)7-10-14(13)3/h11-12H,4-10H2,1-3H3/t11-,12?,13?/m1/s1. The smallest absolute Gasteiger partial charge is 0.0237 e. The van der Waals surface area contributed by atoms with Crippen LogP contribution in [0.15, 0.2) is 0 Å². The fraction of sp³-hybridized carbons (Fsp3) is 1.00. The van der Waals surface area contributed by atoms with Gasteiger partial charge in [-0.15, -0.1) is 0 Å². The van der Waals surface area contributed by atoms with Gasteiger partial charge in [0.25, 0.3) is 0 Å². The van der Waals surface area contributed by atoms with Crippen LogP contribution in [0.4, 0.5) is 0 Å². The number of fused-ring (bicyclic) bond motifs is 1. The molecule has 0 N–H and O–H groups in total. The van der Waals surface area contributed by atoms with Gasteiger partial charge in [-0.3, -0.25) is 0 Å². The van der Waals surface area contributed by atoms with Crippen LogP contribution in [0.5, 0.6) is 0 Å². The molecule has 14 heavy (non-hydrogen) atoms. The van der Waals surface area contributed by atoms with E-state index in [1.54, 1.807) is 0 Å². The second-order valence-electron chi connectivity index (χ2n) is 5.54. The van der Waals surface area contributed by atoms with Crippen molar-refractivity contribution in [2.45, 2.75) is 57.9 Å². The highest BCUT2D eigenvalue weighted by molar-refractivity contribution is 5.03. The lowest BCUT2D eigenvalue weighted by atomic mass is 9.71. The lowest BCUT2D eigenvalue weighted by Gasteiger charge is -2.50. The van der Waals surface area contributed by atoms with Gasteiger partial charge >= 0.3 is 0 Å². The van der Waals surface area contributed by atoms with Crippen LogP contribution in [0, 0.1) is 11.8 Å². The van der Waals surface area contributed by atoms with E-state index in [1.165, 1.54) is 45.1 Å². The first-order valence-corrected chi connectivity index (χ1v) is 6.42. The Kier molecular flexibility index (Phi) is 2.88. The van der Waals surface area contributed by atoms with Crippen LogP contribution in [0.1, 0.15) is 52.4 Å². The zero-order chi connectivity index (χ0) is 10.2. The largest absolute Gasteiger partial charge is 0.300 e. The van der Waals surface area contributed by atoms with Gasteiger partial charge in [-0.1, -0.05) is 26.7 Å². The van der Waals surface area contributed by atoms with Gasteiger partial charge in [0, 0.05) is 5.54 Å². The Hall–Kier alpha value is -0.0400. The summed E-state index contributed by atoms with van der Waals surface area (Å²) in [6.45, 7) is 6.16. The summed E-state index contributed by atoms with van der Waals surface area (Å²) in [5.41, 5.74) is 0.604. The predicted octanol–water partition coefficient (Wildman–Crippen LogP) is 3.30. The Labute approximate surface area is 88.9 Å². The van der Waals surface area contributed by atoms with Crippen LogP contribution in [-0.2, 0) is 0 Å². The summed E-state index contributed by atoms with van der Waals surface area (Å²) in [5, 5.41) is 0. The van der Waals surface area contributed by atoms with Gasteiger partial charge in [0.2, 0.25) is 0 Å². The maximum Gasteiger partial charge on any atom is 0.0237 e. The molecule has 0 bridgehead atoms. The topological polar surface area (TPSA) is 3.24 Å². The van der Waals surface area contributed by atoms with E-state index in [2.05, 4.69) is 25.8 Å². The molecule has 1 aliphatic carbocycles. The van der Waals surface area contributed by atoms with Gasteiger partial charge in [-0.05, 0) is 51.1 Å². The molecular weight excluding hydrogens is 170 g/mol. The molecule has 0 aromatic carbocycles. The monoisotopic (exact) mass is 195 g/mol. The molecule has 1 heterocycles. The van der Waals surface area contributed by atoms with Crippen molar-refractivity contribution < 1.29 is 0 Å². The molecule has 0 radical (unpaired) electrons. The molecule has 1 nitrogen and oxygen atoms in total. The summed E-state index contributed by atoms with van der Waals surface area (Å²) in [7, 11) is 2.36. The van der Waals surface area contributed by atoms with Crippen LogP contribution >= 0.6 is 0 Å². The zero-order valence-electron chi connectivity index (χ0n) is 10.1. The molecule has 2 fully saturated rings. The molecule has 0 spiro atoms. The van der Waals surface area contributed by atoms with Crippen molar-refractivity contribution in [3.05, 3.63) is 0 Å². The fourth-order valence-electron chi connectivity index (χ4n) is 4.13. The first-order valence-electron chi connectivity index (χ1n) is 6.42. The lowest BCUT2D eigenvalue weighted by molar-refractivity contribution is -0.00241. The van der Waals surface area contributed by atoms with Gasteiger partial charge < -0.3 is 4.90 Å². The van der Waals surface area contributed by atoms with Gasteiger partial charge in [0.15, 0.2) is 0 Å². The molecule has 2 aliphatic rings. The van der Waals surface area contributed by atoms with E-state index < -0.39 is 0 Å². The van der Waals surface area contributed by atoms with Crippen molar-refractivity contribution in [3.8, 4) is 0 Å². The first-order chi connectivity index (χ1) is 6.70. The van der Waals surface area contributed by atoms with E-state index in [-0.39, 0.29) is 0 Å². The van der Waals surface area contributed by atoms with Crippen molar-refractivity contribution >= 4 is 0 Å². The third kappa shape index (κ3) is 1.41. The Bertz CT molecular complexity index is 201. The quantitative estimate of drug-likeness (QED) is 0.653. The molecule has 0 aromatic heterocycles. The third-order valence-corrected chi connectivity index (χ3v) is 4.86. The maximum absolute atomic E-state index is 2.69. The molecule has 1 saturated heterocycles. The lowest BCUT2D eigenvalue weighted by Crippen LogP contribution is -2.55. The van der Waals surface area contributed by atoms with E-state index in [9.17, 15) is 0 Å². The third-order valence-electron chi connectivity index (χ3n) is 4.86. The maximum atomic E-state index is 2.69. The van der Waals surface area contributed by atoms with Crippen molar-refractivity contribution in [3.63, 3.8) is 0 Å². The summed E-state index contributed by atoms with van der Waals surface area (Å²) in [5.74, 6) is 1.97. The number of hydrogen-bond acceptors (Lipinski definition) is 1. The van der Waals surface area contributed by atoms with Crippen LogP contribution in [0.25, 0.3) is 0 Å². The average Bonchev–Trinajstić information content (AvgIpc) is 2.58. The SMILES string of the molecule is CCCC12CCCC1[C@H](C)CCN2C. The summed E-state index contributed by atoms with van der Waals surface area (Å²) in [4.78, 5) is 2.69. The van der Waals surface area contributed by atoms with Gasteiger partial charge in [0.05, 0.1) is 0 Å². The Balaban J connectivity index is 2.21. The minimum atomic E-state index is 0.604. The molecule has 0 amide bonds. The summed E-state index contributed by atoms with van der Waals surface area (Å²) >= 11 is 0. The molecule has 82 valence electrons. The second kappa shape index (κ2) is 3.84. The van der Waals surface area contributed by atoms with Crippen LogP contribution in [-0.4, -0.2) is 24.0 Å². The van der Waals surface area contributed by atoms with Crippen molar-refractivity contribution in [2.24, 2.45) is 11.8 Å². The Morgan fingerprint density at radius 3 is 2.86 bits per heavy atom. The van der Waals surface area contributed by atoms with Gasteiger partial charge in [-0.25, -0.2) is 0 Å². The molecule has 2 unspecified atom stereocenters. The summed E-state index contributed by atoms with van der Waals surface area (Å²) < 4.78 is 0. The average molecular weight is 195 g/mol. The number of likely N-dealkylation sites (tertiary alicyclic amines) is 1. The second-order valence-corrected chi connectivity index (χ2v) is 5.54. The molecular formula is C13H25N. The minimum Gasteiger partial charge on any atom is -0.300 e. The van der Waals surface area contributed by atoms with Crippen LogP contribution < -0.4 is 0 Å². The molecule has 1 aliphatic heterocycles. The van der Waals surface area contributed by atoms with E-state index in [4.69, 9.17) is 0 Å². The minimum absolute atomic E-state index is 0.604. The molecule has 3 atom stereocenters. The van der Waals surface area contributed by atoms with Crippen molar-refractivity contribution in [2.75, 3.05) is 13.6 Å². The predicted molar refractivity (Wildman–Crippen MR) is 61.4 cm³/mol. The van der Waals surface area contributed by atoms with E-state index in [0.717, 1.165) is 11.8 Å². The molecule has 1 saturated carbocycles. The molecule has 2 rings (SSSR count). The van der Waals surface area contributed by atoms with Gasteiger partial charge in [-0.2, -0.15) is 0 Å². The van der Waals surface area contributed by atoms with E-state index in [1.807, 2.05) is 0 Å². The zero-order valence-corrected chi connectivity index (χ0v) is 10.1. The van der Waals surface area contributed by atoms with Crippen LogP contribution in [0.3, 0.4) is 0 Å². The Morgan fingerprint density at radius 1 is 1.36 bits per heavy atom. The first kappa shape index (κ1) is 10.5. The van der Waals surface area contributed by atoms with E-state index >= 15 is 0 Å². The summed E-state index contributed by atoms with van der Waals surface area (Å²) in [6.07, 6.45) is 8.63. The van der Waals surface area contributed by atoms with Crippen molar-refractivity contribution in [1.29, 1.82) is 0 Å². The molecule has 0 aromatic rings. The number of rotatable bonds is 2.